The van der Waals surface area contributed by atoms with Crippen molar-refractivity contribution in [3.63, 3.8) is 0 Å². The van der Waals surface area contributed by atoms with Crippen molar-refractivity contribution < 1.29 is 9.59 Å². The molecule has 1 saturated carbocycles. The van der Waals surface area contributed by atoms with Crippen LogP contribution in [0.15, 0.2) is 30.3 Å². The second-order valence-electron chi connectivity index (χ2n) is 6.12. The molecular weight excluding hydrogens is 260 g/mol. The van der Waals surface area contributed by atoms with E-state index in [1.54, 1.807) is 0 Å². The fourth-order valence-electron chi connectivity index (χ4n) is 3.12. The highest BCUT2D eigenvalue weighted by molar-refractivity contribution is 6.10. The zero-order valence-electron chi connectivity index (χ0n) is 12.9. The first-order valence-electron chi connectivity index (χ1n) is 8.41. The van der Waals surface area contributed by atoms with Crippen molar-refractivity contribution in [3.8, 4) is 0 Å². The van der Waals surface area contributed by atoms with Gasteiger partial charge in [-0.25, -0.2) is 0 Å². The van der Waals surface area contributed by atoms with Crippen molar-refractivity contribution in [1.29, 1.82) is 0 Å². The van der Waals surface area contributed by atoms with Crippen LogP contribution in [0.2, 0.25) is 0 Å². The summed E-state index contributed by atoms with van der Waals surface area (Å²) in [5.74, 6) is -0.228. The van der Waals surface area contributed by atoms with Crippen molar-refractivity contribution in [1.82, 2.24) is 0 Å². The topological polar surface area (TPSA) is 34.1 Å². The molecule has 1 atom stereocenters. The van der Waals surface area contributed by atoms with Crippen LogP contribution in [0.3, 0.4) is 0 Å². The van der Waals surface area contributed by atoms with Gasteiger partial charge in [0.25, 0.3) is 0 Å². The molecule has 0 amide bonds. The van der Waals surface area contributed by atoms with E-state index >= 15 is 0 Å². The van der Waals surface area contributed by atoms with Gasteiger partial charge in [-0.1, -0.05) is 75.3 Å². The van der Waals surface area contributed by atoms with Crippen LogP contribution in [0, 0.1) is 5.92 Å². The van der Waals surface area contributed by atoms with Gasteiger partial charge in [0.15, 0.2) is 5.78 Å². The fourth-order valence-corrected chi connectivity index (χ4v) is 3.12. The van der Waals surface area contributed by atoms with Crippen LogP contribution >= 0.6 is 0 Å². The Morgan fingerprint density at radius 3 is 2.05 bits per heavy atom. The minimum Gasteiger partial charge on any atom is -0.299 e. The Hall–Kier alpha value is -1.44. The summed E-state index contributed by atoms with van der Waals surface area (Å²) in [6.45, 7) is 0. The summed E-state index contributed by atoms with van der Waals surface area (Å²) in [6, 6.07) is 9.29. The summed E-state index contributed by atoms with van der Waals surface area (Å²) >= 11 is 0. The molecule has 0 N–H and O–H groups in total. The molecule has 0 heterocycles. The molecular formula is C19H26O2. The smallest absolute Gasteiger partial charge is 0.173 e. The van der Waals surface area contributed by atoms with Gasteiger partial charge in [-0.15, -0.1) is 0 Å². The van der Waals surface area contributed by atoms with Crippen LogP contribution in [0.4, 0.5) is 0 Å². The number of benzene rings is 1. The summed E-state index contributed by atoms with van der Waals surface area (Å²) < 4.78 is 0. The third-order valence-corrected chi connectivity index (χ3v) is 4.43. The predicted octanol–water partition coefficient (Wildman–Crippen LogP) is 4.97. The highest BCUT2D eigenvalue weighted by Crippen LogP contribution is 2.22. The molecule has 1 fully saturated rings. The standard InChI is InChI=1S/C19H26O2/c20-18-15-11-6-4-2-1-3-5-10-14-17(18)19(21)16-12-8-7-9-13-16/h7-9,12-13,17H,1-6,10-11,14-15H2/t17-/m1/s1. The highest BCUT2D eigenvalue weighted by Gasteiger charge is 2.26. The Kier molecular flexibility index (Phi) is 6.65. The van der Waals surface area contributed by atoms with Gasteiger partial charge in [0.1, 0.15) is 5.78 Å². The molecule has 0 aliphatic heterocycles. The van der Waals surface area contributed by atoms with Gasteiger partial charge in [-0.3, -0.25) is 9.59 Å². The second kappa shape index (κ2) is 8.76. The molecule has 0 spiro atoms. The lowest BCUT2D eigenvalue weighted by Gasteiger charge is -2.16. The Labute approximate surface area is 127 Å². The lowest BCUT2D eigenvalue weighted by atomic mass is 9.86. The number of carbonyl (C=O) groups is 2. The van der Waals surface area contributed by atoms with E-state index in [-0.39, 0.29) is 11.6 Å². The van der Waals surface area contributed by atoms with Gasteiger partial charge in [-0.05, 0) is 12.8 Å². The van der Waals surface area contributed by atoms with E-state index in [4.69, 9.17) is 0 Å². The Morgan fingerprint density at radius 1 is 0.810 bits per heavy atom. The summed E-state index contributed by atoms with van der Waals surface area (Å²) in [5.41, 5.74) is 0.683. The average Bonchev–Trinajstić information content (AvgIpc) is 2.51. The predicted molar refractivity (Wildman–Crippen MR) is 85.4 cm³/mol. The summed E-state index contributed by atoms with van der Waals surface area (Å²) in [6.07, 6.45) is 10.6. The van der Waals surface area contributed by atoms with E-state index in [1.807, 2.05) is 30.3 Å². The van der Waals surface area contributed by atoms with Crippen LogP contribution in [0.1, 0.15) is 74.6 Å². The highest BCUT2D eigenvalue weighted by atomic mass is 16.1. The minimum atomic E-state index is -0.410. The van der Waals surface area contributed by atoms with Crippen LogP contribution in [-0.2, 0) is 4.79 Å². The largest absolute Gasteiger partial charge is 0.299 e. The molecule has 2 rings (SSSR count). The fraction of sp³-hybridized carbons (Fsp3) is 0.579. The van der Waals surface area contributed by atoms with Crippen LogP contribution in [-0.4, -0.2) is 11.6 Å². The van der Waals surface area contributed by atoms with Gasteiger partial charge >= 0.3 is 0 Å². The molecule has 1 aliphatic rings. The zero-order valence-corrected chi connectivity index (χ0v) is 12.9. The molecule has 1 aromatic rings. The Bertz CT molecular complexity index is 450. The lowest BCUT2D eigenvalue weighted by Crippen LogP contribution is -2.24. The van der Waals surface area contributed by atoms with Crippen LogP contribution in [0.25, 0.3) is 0 Å². The van der Waals surface area contributed by atoms with Crippen LogP contribution < -0.4 is 0 Å². The number of hydrogen-bond acceptors (Lipinski definition) is 2. The van der Waals surface area contributed by atoms with Crippen molar-refractivity contribution in [2.45, 2.75) is 64.2 Å². The molecule has 0 bridgehead atoms. The van der Waals surface area contributed by atoms with E-state index in [1.165, 1.54) is 25.7 Å². The molecule has 114 valence electrons. The van der Waals surface area contributed by atoms with Gasteiger partial charge in [-0.2, -0.15) is 0 Å². The first kappa shape index (κ1) is 15.9. The zero-order chi connectivity index (χ0) is 14.9. The van der Waals surface area contributed by atoms with E-state index in [0.29, 0.717) is 12.0 Å². The molecule has 1 aliphatic carbocycles. The molecule has 0 radical (unpaired) electrons. The van der Waals surface area contributed by atoms with Gasteiger partial charge in [0.2, 0.25) is 0 Å². The molecule has 0 aromatic heterocycles. The maximum absolute atomic E-state index is 12.6. The van der Waals surface area contributed by atoms with Crippen molar-refractivity contribution in [3.05, 3.63) is 35.9 Å². The average molecular weight is 286 g/mol. The van der Waals surface area contributed by atoms with Crippen molar-refractivity contribution >= 4 is 11.6 Å². The number of ketones is 2. The van der Waals surface area contributed by atoms with Crippen molar-refractivity contribution in [2.24, 2.45) is 5.92 Å². The van der Waals surface area contributed by atoms with Crippen LogP contribution in [0.5, 0.6) is 0 Å². The first-order chi connectivity index (χ1) is 10.3. The van der Waals surface area contributed by atoms with Gasteiger partial charge < -0.3 is 0 Å². The van der Waals surface area contributed by atoms with E-state index < -0.39 is 5.92 Å². The second-order valence-corrected chi connectivity index (χ2v) is 6.12. The monoisotopic (exact) mass is 286 g/mol. The molecule has 2 nitrogen and oxygen atoms in total. The van der Waals surface area contributed by atoms with Crippen molar-refractivity contribution in [2.75, 3.05) is 0 Å². The SMILES string of the molecule is O=C1CCCCCCCCCC[C@H]1C(=O)c1ccccc1. The quantitative estimate of drug-likeness (QED) is 0.568. The third kappa shape index (κ3) is 5.11. The van der Waals surface area contributed by atoms with E-state index in [0.717, 1.165) is 32.1 Å². The molecule has 0 saturated heterocycles. The van der Waals surface area contributed by atoms with E-state index in [9.17, 15) is 9.59 Å². The lowest BCUT2D eigenvalue weighted by molar-refractivity contribution is -0.121. The summed E-state index contributed by atoms with van der Waals surface area (Å²) in [7, 11) is 0. The summed E-state index contributed by atoms with van der Waals surface area (Å²) in [4.78, 5) is 25.0. The Balaban J connectivity index is 2.04. The maximum Gasteiger partial charge on any atom is 0.173 e. The van der Waals surface area contributed by atoms with Gasteiger partial charge in [0, 0.05) is 12.0 Å². The number of carbonyl (C=O) groups excluding carboxylic acids is 2. The number of Topliss-reactive ketones (excluding diaryl/α,β-unsaturated/α-hetero) is 2. The van der Waals surface area contributed by atoms with E-state index in [2.05, 4.69) is 0 Å². The molecule has 21 heavy (non-hydrogen) atoms. The number of rotatable bonds is 2. The molecule has 2 heteroatoms. The first-order valence-corrected chi connectivity index (χ1v) is 8.41. The molecule has 1 aromatic carbocycles. The maximum atomic E-state index is 12.6. The molecule has 0 unspecified atom stereocenters. The Morgan fingerprint density at radius 2 is 1.38 bits per heavy atom. The minimum absolute atomic E-state index is 0.0256. The third-order valence-electron chi connectivity index (χ3n) is 4.43. The van der Waals surface area contributed by atoms with Gasteiger partial charge in [0.05, 0.1) is 5.92 Å². The normalized spacial score (nSPS) is 22.1. The summed E-state index contributed by atoms with van der Waals surface area (Å²) in [5, 5.41) is 0. The number of hydrogen-bond donors (Lipinski definition) is 0.